The summed E-state index contributed by atoms with van der Waals surface area (Å²) in [5.41, 5.74) is 7.74. The maximum atomic E-state index is 6.08. The summed E-state index contributed by atoms with van der Waals surface area (Å²) >= 11 is 0. The molecule has 0 aliphatic rings. The topological polar surface area (TPSA) is 86.6 Å². The van der Waals surface area contributed by atoms with Crippen molar-refractivity contribution in [3.63, 3.8) is 0 Å². The van der Waals surface area contributed by atoms with Crippen molar-refractivity contribution in [3.05, 3.63) is 18.1 Å². The lowest BCUT2D eigenvalue weighted by Crippen LogP contribution is -2.14. The summed E-state index contributed by atoms with van der Waals surface area (Å²) in [6, 6.07) is 0. The summed E-state index contributed by atoms with van der Waals surface area (Å²) in [7, 11) is 1.89. The van der Waals surface area contributed by atoms with Crippen LogP contribution in [0.15, 0.2) is 12.4 Å². The van der Waals surface area contributed by atoms with Crippen LogP contribution < -0.4 is 11.1 Å². The van der Waals surface area contributed by atoms with E-state index in [9.17, 15) is 0 Å². The van der Waals surface area contributed by atoms with Crippen LogP contribution in [0.5, 0.6) is 0 Å². The van der Waals surface area contributed by atoms with Gasteiger partial charge in [0.05, 0.1) is 24.1 Å². The van der Waals surface area contributed by atoms with Gasteiger partial charge in [-0.25, -0.2) is 0 Å². The predicted octanol–water partition coefficient (Wildman–Crippen LogP) is 0.829. The fraction of sp³-hybridized carbons (Fsp3) is 0.545. The number of anilines is 2. The highest BCUT2D eigenvalue weighted by molar-refractivity contribution is 5.65. The number of nitrogens with zero attached hydrogens (tertiary/aromatic N) is 5. The Hall–Kier alpha value is -2.05. The van der Waals surface area contributed by atoms with Crippen molar-refractivity contribution in [1.29, 1.82) is 0 Å². The third kappa shape index (κ3) is 2.44. The van der Waals surface area contributed by atoms with E-state index >= 15 is 0 Å². The summed E-state index contributed by atoms with van der Waals surface area (Å²) in [6.45, 7) is 5.63. The molecule has 0 aromatic carbocycles. The third-order valence-corrected chi connectivity index (χ3v) is 2.76. The van der Waals surface area contributed by atoms with Crippen LogP contribution in [-0.2, 0) is 13.6 Å². The van der Waals surface area contributed by atoms with Gasteiger partial charge in [0.15, 0.2) is 0 Å². The summed E-state index contributed by atoms with van der Waals surface area (Å²) in [4.78, 5) is 0. The van der Waals surface area contributed by atoms with Gasteiger partial charge in [-0.15, -0.1) is 5.10 Å². The van der Waals surface area contributed by atoms with Gasteiger partial charge < -0.3 is 11.1 Å². The third-order valence-electron chi connectivity index (χ3n) is 2.76. The fourth-order valence-electron chi connectivity index (χ4n) is 1.84. The van der Waals surface area contributed by atoms with Crippen LogP contribution in [0.3, 0.4) is 0 Å². The lowest BCUT2D eigenvalue weighted by molar-refractivity contribution is 0.606. The average Bonchev–Trinajstić information content (AvgIpc) is 2.91. The first-order valence-corrected chi connectivity index (χ1v) is 6.00. The van der Waals surface area contributed by atoms with Crippen molar-refractivity contribution < 1.29 is 0 Å². The summed E-state index contributed by atoms with van der Waals surface area (Å²) in [5, 5.41) is 15.4. The first-order valence-electron chi connectivity index (χ1n) is 6.00. The van der Waals surface area contributed by atoms with E-state index in [1.165, 1.54) is 0 Å². The molecular weight excluding hydrogens is 230 g/mol. The van der Waals surface area contributed by atoms with Gasteiger partial charge >= 0.3 is 0 Å². The molecule has 0 saturated carbocycles. The molecule has 98 valence electrons. The highest BCUT2D eigenvalue weighted by Gasteiger charge is 2.15. The van der Waals surface area contributed by atoms with Crippen LogP contribution in [0.25, 0.3) is 0 Å². The van der Waals surface area contributed by atoms with Gasteiger partial charge in [-0.1, -0.05) is 19.1 Å². The first kappa shape index (κ1) is 12.4. The van der Waals surface area contributed by atoms with Crippen LogP contribution in [0.4, 0.5) is 11.5 Å². The molecule has 0 bridgehead atoms. The molecule has 0 amide bonds. The Bertz CT molecular complexity index is 498. The fourth-order valence-corrected chi connectivity index (χ4v) is 1.84. The number of rotatable bonds is 5. The minimum atomic E-state index is 0.321. The van der Waals surface area contributed by atoms with Crippen LogP contribution >= 0.6 is 0 Å². The van der Waals surface area contributed by atoms with Crippen LogP contribution in [-0.4, -0.2) is 31.3 Å². The molecule has 2 heterocycles. The van der Waals surface area contributed by atoms with Gasteiger partial charge in [0, 0.05) is 19.8 Å². The normalized spacial score (nSPS) is 11.1. The Balaban J connectivity index is 2.01. The highest BCUT2D eigenvalue weighted by atomic mass is 15.4. The minimum absolute atomic E-state index is 0.321. The lowest BCUT2D eigenvalue weighted by Gasteiger charge is -2.07. The summed E-state index contributed by atoms with van der Waals surface area (Å²) < 4.78 is 3.55. The number of hydrogen-bond donors (Lipinski definition) is 2. The van der Waals surface area contributed by atoms with Crippen molar-refractivity contribution in [2.75, 3.05) is 17.6 Å². The van der Waals surface area contributed by atoms with Crippen molar-refractivity contribution in [2.45, 2.75) is 26.3 Å². The Morgan fingerprint density at radius 1 is 1.44 bits per heavy atom. The maximum absolute atomic E-state index is 6.08. The molecule has 2 rings (SSSR count). The van der Waals surface area contributed by atoms with Gasteiger partial charge in [-0.3, -0.25) is 9.36 Å². The maximum Gasteiger partial charge on any atom is 0.147 e. The number of hydrogen-bond acceptors (Lipinski definition) is 5. The quantitative estimate of drug-likeness (QED) is 0.819. The summed E-state index contributed by atoms with van der Waals surface area (Å²) in [5.74, 6) is 1.18. The molecule has 0 aliphatic carbocycles. The van der Waals surface area contributed by atoms with Gasteiger partial charge in [-0.2, -0.15) is 5.10 Å². The van der Waals surface area contributed by atoms with E-state index in [4.69, 9.17) is 5.73 Å². The lowest BCUT2D eigenvalue weighted by atomic mass is 10.1. The smallest absolute Gasteiger partial charge is 0.147 e. The van der Waals surface area contributed by atoms with E-state index in [0.717, 1.165) is 30.3 Å². The molecule has 18 heavy (non-hydrogen) atoms. The van der Waals surface area contributed by atoms with Crippen molar-refractivity contribution in [3.8, 4) is 0 Å². The molecule has 0 fully saturated rings. The Labute approximate surface area is 106 Å². The molecule has 0 saturated heterocycles. The van der Waals surface area contributed by atoms with Crippen molar-refractivity contribution in [1.82, 2.24) is 24.8 Å². The molecule has 0 spiro atoms. The van der Waals surface area contributed by atoms with E-state index in [2.05, 4.69) is 34.6 Å². The van der Waals surface area contributed by atoms with Gasteiger partial charge in [0.25, 0.3) is 0 Å². The SMILES string of the molecule is CC(C)c1nn(C)c(NCCn2ccnn2)c1N. The van der Waals surface area contributed by atoms with E-state index in [1.54, 1.807) is 15.6 Å². The molecule has 0 atom stereocenters. The summed E-state index contributed by atoms with van der Waals surface area (Å²) in [6.07, 6.45) is 3.49. The van der Waals surface area contributed by atoms with Crippen molar-refractivity contribution in [2.24, 2.45) is 7.05 Å². The number of nitrogen functional groups attached to an aromatic ring is 1. The molecule has 2 aromatic rings. The molecule has 3 N–H and O–H groups in total. The van der Waals surface area contributed by atoms with E-state index in [0.29, 0.717) is 5.92 Å². The van der Waals surface area contributed by atoms with Gasteiger partial charge in [0.2, 0.25) is 0 Å². The molecule has 0 unspecified atom stereocenters. The molecule has 7 heteroatoms. The zero-order valence-corrected chi connectivity index (χ0v) is 11.0. The molecule has 0 aliphatic heterocycles. The molecular formula is C11H19N7. The molecule has 2 aromatic heterocycles. The van der Waals surface area contributed by atoms with Crippen LogP contribution in [0, 0.1) is 0 Å². The number of aromatic nitrogens is 5. The number of aryl methyl sites for hydroxylation is 1. The second kappa shape index (κ2) is 5.07. The standard InChI is InChI=1S/C11H19N7/c1-8(2)10-9(12)11(17(3)15-10)13-4-6-18-7-5-14-16-18/h5,7-8,13H,4,6,12H2,1-3H3. The van der Waals surface area contributed by atoms with E-state index < -0.39 is 0 Å². The largest absolute Gasteiger partial charge is 0.394 e. The van der Waals surface area contributed by atoms with Crippen LogP contribution in [0.1, 0.15) is 25.5 Å². The van der Waals surface area contributed by atoms with Gasteiger partial charge in [-0.05, 0) is 5.92 Å². The number of nitrogens with one attached hydrogen (secondary N) is 1. The molecule has 7 nitrogen and oxygen atoms in total. The molecule has 0 radical (unpaired) electrons. The second-order valence-electron chi connectivity index (χ2n) is 4.52. The highest BCUT2D eigenvalue weighted by Crippen LogP contribution is 2.27. The zero-order chi connectivity index (χ0) is 13.1. The Morgan fingerprint density at radius 3 is 2.78 bits per heavy atom. The number of nitrogens with two attached hydrogens (primary N) is 1. The van der Waals surface area contributed by atoms with E-state index in [-0.39, 0.29) is 0 Å². The zero-order valence-electron chi connectivity index (χ0n) is 11.0. The van der Waals surface area contributed by atoms with Gasteiger partial charge in [0.1, 0.15) is 5.82 Å². The predicted molar refractivity (Wildman–Crippen MR) is 70.2 cm³/mol. The van der Waals surface area contributed by atoms with Crippen molar-refractivity contribution >= 4 is 11.5 Å². The first-order chi connectivity index (χ1) is 8.59. The Kier molecular flexibility index (Phi) is 3.50. The monoisotopic (exact) mass is 249 g/mol. The Morgan fingerprint density at radius 2 is 2.22 bits per heavy atom. The second-order valence-corrected chi connectivity index (χ2v) is 4.52. The average molecular weight is 249 g/mol. The van der Waals surface area contributed by atoms with Crippen LogP contribution in [0.2, 0.25) is 0 Å². The minimum Gasteiger partial charge on any atom is -0.394 e. The van der Waals surface area contributed by atoms with E-state index in [1.807, 2.05) is 13.2 Å².